The van der Waals surface area contributed by atoms with Crippen molar-refractivity contribution in [2.24, 2.45) is 0 Å². The molecule has 1 aliphatic rings. The fourth-order valence-corrected chi connectivity index (χ4v) is 3.23. The zero-order valence-corrected chi connectivity index (χ0v) is 12.8. The van der Waals surface area contributed by atoms with Gasteiger partial charge in [0.05, 0.1) is 6.04 Å². The van der Waals surface area contributed by atoms with Crippen LogP contribution in [0.2, 0.25) is 0 Å². The van der Waals surface area contributed by atoms with Crippen molar-refractivity contribution in [1.82, 2.24) is 25.1 Å². The SMILES string of the molecule is CN(C)C(=O)[C@H](Sc1nnnn1C1CC1)c1ccccc1. The normalized spacial score (nSPS) is 15.7. The van der Waals surface area contributed by atoms with Crippen molar-refractivity contribution in [3.63, 3.8) is 0 Å². The van der Waals surface area contributed by atoms with Gasteiger partial charge in [-0.25, -0.2) is 4.68 Å². The zero-order valence-electron chi connectivity index (χ0n) is 12.0. The second kappa shape index (κ2) is 5.85. The number of thioether (sulfide) groups is 1. The van der Waals surface area contributed by atoms with Gasteiger partial charge in [0.2, 0.25) is 11.1 Å². The van der Waals surface area contributed by atoms with E-state index in [0.717, 1.165) is 18.4 Å². The summed E-state index contributed by atoms with van der Waals surface area (Å²) in [6.45, 7) is 0. The summed E-state index contributed by atoms with van der Waals surface area (Å²) in [7, 11) is 3.53. The van der Waals surface area contributed by atoms with Crippen LogP contribution in [0.4, 0.5) is 0 Å². The van der Waals surface area contributed by atoms with E-state index in [9.17, 15) is 4.79 Å². The minimum atomic E-state index is -0.329. The van der Waals surface area contributed by atoms with Gasteiger partial charge in [0.1, 0.15) is 5.25 Å². The van der Waals surface area contributed by atoms with Crippen LogP contribution in [0, 0.1) is 0 Å². The molecule has 0 unspecified atom stereocenters. The van der Waals surface area contributed by atoms with Crippen LogP contribution in [-0.2, 0) is 4.79 Å². The maximum absolute atomic E-state index is 12.5. The predicted molar refractivity (Wildman–Crippen MR) is 79.8 cm³/mol. The first kappa shape index (κ1) is 14.1. The van der Waals surface area contributed by atoms with E-state index in [0.29, 0.717) is 11.2 Å². The number of rotatable bonds is 5. The number of benzene rings is 1. The first-order chi connectivity index (χ1) is 10.2. The number of carbonyl (C=O) groups excluding carboxylic acids is 1. The molecular weight excluding hydrogens is 286 g/mol. The lowest BCUT2D eigenvalue weighted by atomic mass is 10.1. The van der Waals surface area contributed by atoms with Gasteiger partial charge in [-0.2, -0.15) is 0 Å². The largest absolute Gasteiger partial charge is 0.348 e. The predicted octanol–water partition coefficient (Wildman–Crippen LogP) is 1.93. The average molecular weight is 303 g/mol. The Morgan fingerprint density at radius 1 is 1.33 bits per heavy atom. The third-order valence-electron chi connectivity index (χ3n) is 3.35. The molecule has 1 aromatic heterocycles. The molecular formula is C14H17N5OS. The van der Waals surface area contributed by atoms with E-state index >= 15 is 0 Å². The Balaban J connectivity index is 1.88. The molecule has 1 amide bonds. The Labute approximate surface area is 127 Å². The van der Waals surface area contributed by atoms with Crippen molar-refractivity contribution < 1.29 is 4.79 Å². The van der Waals surface area contributed by atoms with E-state index in [-0.39, 0.29) is 11.2 Å². The smallest absolute Gasteiger partial charge is 0.240 e. The molecule has 7 heteroatoms. The highest BCUT2D eigenvalue weighted by atomic mass is 32.2. The molecule has 0 bridgehead atoms. The van der Waals surface area contributed by atoms with Gasteiger partial charge in [0.25, 0.3) is 0 Å². The summed E-state index contributed by atoms with van der Waals surface area (Å²) >= 11 is 1.42. The van der Waals surface area contributed by atoms with Crippen LogP contribution in [-0.4, -0.2) is 45.1 Å². The van der Waals surface area contributed by atoms with Crippen LogP contribution in [0.15, 0.2) is 35.5 Å². The molecule has 0 aliphatic heterocycles. The van der Waals surface area contributed by atoms with Gasteiger partial charge in [0.15, 0.2) is 0 Å². The molecule has 3 rings (SSSR count). The van der Waals surface area contributed by atoms with Gasteiger partial charge in [-0.05, 0) is 28.8 Å². The fraction of sp³-hybridized carbons (Fsp3) is 0.429. The molecule has 1 saturated carbocycles. The zero-order chi connectivity index (χ0) is 14.8. The van der Waals surface area contributed by atoms with E-state index in [1.54, 1.807) is 19.0 Å². The van der Waals surface area contributed by atoms with Crippen LogP contribution in [0.3, 0.4) is 0 Å². The molecule has 6 nitrogen and oxygen atoms in total. The lowest BCUT2D eigenvalue weighted by molar-refractivity contribution is -0.128. The third-order valence-corrected chi connectivity index (χ3v) is 4.54. The molecule has 1 atom stereocenters. The maximum atomic E-state index is 12.5. The van der Waals surface area contributed by atoms with E-state index in [1.165, 1.54) is 11.8 Å². The number of nitrogens with zero attached hydrogens (tertiary/aromatic N) is 5. The van der Waals surface area contributed by atoms with Crippen LogP contribution in [0.5, 0.6) is 0 Å². The van der Waals surface area contributed by atoms with Crippen molar-refractivity contribution in [3.8, 4) is 0 Å². The first-order valence-corrected chi connectivity index (χ1v) is 7.75. The van der Waals surface area contributed by atoms with Crippen molar-refractivity contribution in [2.75, 3.05) is 14.1 Å². The fourth-order valence-electron chi connectivity index (χ4n) is 2.04. The molecule has 0 radical (unpaired) electrons. The highest BCUT2D eigenvalue weighted by molar-refractivity contribution is 8.00. The standard InChI is InChI=1S/C14H17N5OS/c1-18(2)13(20)12(10-6-4-3-5-7-10)21-14-15-16-17-19(14)11-8-9-11/h3-7,11-12H,8-9H2,1-2H3/t12-/m1/s1. The minimum Gasteiger partial charge on any atom is -0.348 e. The maximum Gasteiger partial charge on any atom is 0.240 e. The monoisotopic (exact) mass is 303 g/mol. The number of carbonyl (C=O) groups is 1. The van der Waals surface area contributed by atoms with Crippen molar-refractivity contribution in [2.45, 2.75) is 29.3 Å². The Bertz CT molecular complexity index is 623. The lowest BCUT2D eigenvalue weighted by Crippen LogP contribution is -2.27. The number of tetrazole rings is 1. The second-order valence-electron chi connectivity index (χ2n) is 5.28. The Hall–Kier alpha value is -1.89. The van der Waals surface area contributed by atoms with Crippen LogP contribution in [0.1, 0.15) is 29.7 Å². The van der Waals surface area contributed by atoms with E-state index in [1.807, 2.05) is 35.0 Å². The van der Waals surface area contributed by atoms with Crippen LogP contribution < -0.4 is 0 Å². The summed E-state index contributed by atoms with van der Waals surface area (Å²) in [4.78, 5) is 14.1. The Kier molecular flexibility index (Phi) is 3.92. The summed E-state index contributed by atoms with van der Waals surface area (Å²) in [5.41, 5.74) is 0.964. The third kappa shape index (κ3) is 3.07. The first-order valence-electron chi connectivity index (χ1n) is 6.87. The quantitative estimate of drug-likeness (QED) is 0.790. The number of likely N-dealkylation sites (N-methyl/N-ethyl adjacent to an activating group) is 1. The summed E-state index contributed by atoms with van der Waals surface area (Å²) in [6.07, 6.45) is 2.21. The van der Waals surface area contributed by atoms with Crippen molar-refractivity contribution in [3.05, 3.63) is 35.9 Å². The topological polar surface area (TPSA) is 63.9 Å². The molecule has 2 aromatic rings. The molecule has 1 aliphatic carbocycles. The number of amides is 1. The second-order valence-corrected chi connectivity index (χ2v) is 6.35. The molecule has 1 heterocycles. The van der Waals surface area contributed by atoms with E-state index in [2.05, 4.69) is 15.5 Å². The Morgan fingerprint density at radius 3 is 2.67 bits per heavy atom. The van der Waals surface area contributed by atoms with Gasteiger partial charge in [-0.1, -0.05) is 42.1 Å². The summed E-state index contributed by atoms with van der Waals surface area (Å²) in [5.74, 6) is 0.0385. The molecule has 0 spiro atoms. The molecule has 110 valence electrons. The van der Waals surface area contributed by atoms with Gasteiger partial charge in [0, 0.05) is 14.1 Å². The number of hydrogen-bond donors (Lipinski definition) is 0. The highest BCUT2D eigenvalue weighted by Crippen LogP contribution is 2.40. The van der Waals surface area contributed by atoms with Gasteiger partial charge >= 0.3 is 0 Å². The molecule has 1 fully saturated rings. The van der Waals surface area contributed by atoms with E-state index < -0.39 is 0 Å². The van der Waals surface area contributed by atoms with Crippen molar-refractivity contribution in [1.29, 1.82) is 0 Å². The van der Waals surface area contributed by atoms with Crippen molar-refractivity contribution >= 4 is 17.7 Å². The van der Waals surface area contributed by atoms with Gasteiger partial charge in [-0.15, -0.1) is 5.10 Å². The molecule has 1 aromatic carbocycles. The van der Waals surface area contributed by atoms with E-state index in [4.69, 9.17) is 0 Å². The number of hydrogen-bond acceptors (Lipinski definition) is 5. The Morgan fingerprint density at radius 2 is 2.05 bits per heavy atom. The van der Waals surface area contributed by atoms with Gasteiger partial charge < -0.3 is 4.90 Å². The molecule has 0 N–H and O–H groups in total. The summed E-state index contributed by atoms with van der Waals surface area (Å²) in [6, 6.07) is 10.1. The van der Waals surface area contributed by atoms with Crippen LogP contribution >= 0.6 is 11.8 Å². The van der Waals surface area contributed by atoms with Gasteiger partial charge in [-0.3, -0.25) is 4.79 Å². The average Bonchev–Trinajstić information content (AvgIpc) is 3.24. The summed E-state index contributed by atoms with van der Waals surface area (Å²) < 4.78 is 1.84. The molecule has 21 heavy (non-hydrogen) atoms. The minimum absolute atomic E-state index is 0.0385. The van der Waals surface area contributed by atoms with Crippen LogP contribution in [0.25, 0.3) is 0 Å². The summed E-state index contributed by atoms with van der Waals surface area (Å²) in [5, 5.41) is 12.2. The highest BCUT2D eigenvalue weighted by Gasteiger charge is 2.31. The number of aromatic nitrogens is 4. The lowest BCUT2D eigenvalue weighted by Gasteiger charge is -2.20. The molecule has 0 saturated heterocycles.